The van der Waals surface area contributed by atoms with Gasteiger partial charge in [-0.15, -0.1) is 0 Å². The van der Waals surface area contributed by atoms with Crippen LogP contribution in [0.1, 0.15) is 18.4 Å². The predicted octanol–water partition coefficient (Wildman–Crippen LogP) is 0.914. The number of piperidine rings is 1. The van der Waals surface area contributed by atoms with Crippen molar-refractivity contribution in [1.82, 2.24) is 10.3 Å². The molecule has 0 aliphatic carbocycles. The smallest absolute Gasteiger partial charge is 0.238 e. The monoisotopic (exact) mass is 323 g/mol. The number of hydrogen-bond acceptors (Lipinski definition) is 6. The van der Waals surface area contributed by atoms with Crippen molar-refractivity contribution in [3.63, 3.8) is 0 Å². The highest BCUT2D eigenvalue weighted by Crippen LogP contribution is 2.35. The van der Waals surface area contributed by atoms with Crippen LogP contribution >= 0.6 is 0 Å². The van der Waals surface area contributed by atoms with Crippen LogP contribution in [0.4, 0.5) is 0 Å². The Hall–Kier alpha value is -1.99. The van der Waals surface area contributed by atoms with Crippen molar-refractivity contribution in [3.8, 4) is 17.2 Å². The number of methoxy groups -OCH3 is 3. The molecule has 7 nitrogen and oxygen atoms in total. The van der Waals surface area contributed by atoms with Crippen molar-refractivity contribution in [2.45, 2.75) is 19.4 Å². The minimum absolute atomic E-state index is 0.0695. The molecule has 3 N–H and O–H groups in total. The second-order valence-electron chi connectivity index (χ2n) is 5.60. The van der Waals surface area contributed by atoms with E-state index in [-0.39, 0.29) is 11.8 Å². The Labute approximate surface area is 136 Å². The minimum Gasteiger partial charge on any atom is -0.496 e. The van der Waals surface area contributed by atoms with E-state index in [1.807, 2.05) is 12.1 Å². The van der Waals surface area contributed by atoms with Gasteiger partial charge in [-0.1, -0.05) is 0 Å². The van der Waals surface area contributed by atoms with E-state index < -0.39 is 0 Å². The molecule has 1 aromatic rings. The average molecular weight is 323 g/mol. The lowest BCUT2D eigenvalue weighted by Gasteiger charge is -2.32. The zero-order valence-corrected chi connectivity index (χ0v) is 13.9. The Morgan fingerprint density at radius 3 is 2.48 bits per heavy atom. The fraction of sp³-hybridized carbons (Fsp3) is 0.562. The van der Waals surface area contributed by atoms with Crippen LogP contribution in [-0.2, 0) is 11.3 Å². The molecule has 1 aromatic carbocycles. The number of nitrogens with zero attached hydrogens (tertiary/aromatic N) is 1. The first-order chi connectivity index (χ1) is 11.1. The maximum Gasteiger partial charge on any atom is 0.238 e. The molecule has 1 saturated heterocycles. The van der Waals surface area contributed by atoms with Crippen LogP contribution in [-0.4, -0.2) is 45.2 Å². The van der Waals surface area contributed by atoms with E-state index in [1.165, 1.54) is 0 Å². The summed E-state index contributed by atoms with van der Waals surface area (Å²) in [7, 11) is 4.83. The third-order valence-corrected chi connectivity index (χ3v) is 4.20. The van der Waals surface area contributed by atoms with Gasteiger partial charge in [-0.3, -0.25) is 15.1 Å². The Morgan fingerprint density at radius 1 is 1.22 bits per heavy atom. The number of nitrogens with one attached hydrogen (secondary N) is 1. The number of ether oxygens (including phenoxy) is 3. The Morgan fingerprint density at radius 2 is 1.87 bits per heavy atom. The highest BCUT2D eigenvalue weighted by Gasteiger charge is 2.26. The topological polar surface area (TPSA) is 86.0 Å². The molecule has 0 saturated carbocycles. The summed E-state index contributed by atoms with van der Waals surface area (Å²) in [5.74, 6) is 7.11. The summed E-state index contributed by atoms with van der Waals surface area (Å²) in [5.41, 5.74) is 3.25. The van der Waals surface area contributed by atoms with Gasteiger partial charge in [0.2, 0.25) is 5.91 Å². The molecular formula is C16H25N3O4. The third-order valence-electron chi connectivity index (χ3n) is 4.20. The van der Waals surface area contributed by atoms with Crippen molar-refractivity contribution >= 4 is 5.91 Å². The number of carbonyl (C=O) groups is 1. The molecule has 1 aliphatic heterocycles. The van der Waals surface area contributed by atoms with Crippen molar-refractivity contribution in [3.05, 3.63) is 17.7 Å². The number of benzene rings is 1. The molecule has 7 heteroatoms. The van der Waals surface area contributed by atoms with Crippen LogP contribution in [0.25, 0.3) is 0 Å². The Balaban J connectivity index is 2.16. The molecule has 1 fully saturated rings. The first kappa shape index (κ1) is 17.4. The molecule has 1 aliphatic rings. The zero-order valence-electron chi connectivity index (χ0n) is 13.9. The largest absolute Gasteiger partial charge is 0.496 e. The van der Waals surface area contributed by atoms with Gasteiger partial charge in [0.25, 0.3) is 0 Å². The first-order valence-electron chi connectivity index (χ1n) is 7.64. The van der Waals surface area contributed by atoms with Gasteiger partial charge in [-0.2, -0.15) is 0 Å². The van der Waals surface area contributed by atoms with Crippen LogP contribution in [0.15, 0.2) is 12.1 Å². The van der Waals surface area contributed by atoms with Gasteiger partial charge in [-0.25, -0.2) is 5.84 Å². The predicted molar refractivity (Wildman–Crippen MR) is 86.4 cm³/mol. The molecule has 23 heavy (non-hydrogen) atoms. The van der Waals surface area contributed by atoms with Gasteiger partial charge in [0.05, 0.1) is 27.2 Å². The van der Waals surface area contributed by atoms with Gasteiger partial charge in [0.15, 0.2) is 11.5 Å². The highest BCUT2D eigenvalue weighted by atomic mass is 16.5. The minimum atomic E-state index is -0.103. The van der Waals surface area contributed by atoms with E-state index in [2.05, 4.69) is 10.3 Å². The number of rotatable bonds is 6. The molecule has 128 valence electrons. The Kier molecular flexibility index (Phi) is 6.06. The van der Waals surface area contributed by atoms with Crippen LogP contribution in [0.5, 0.6) is 17.2 Å². The summed E-state index contributed by atoms with van der Waals surface area (Å²) < 4.78 is 16.1. The molecule has 1 atom stereocenters. The SMILES string of the molecule is COc1cc(OC)c(OC)cc1CN1CCCC(C(=O)NN)C1. The van der Waals surface area contributed by atoms with Crippen LogP contribution < -0.4 is 25.5 Å². The van der Waals surface area contributed by atoms with E-state index in [4.69, 9.17) is 20.1 Å². The summed E-state index contributed by atoms with van der Waals surface area (Å²) in [6.45, 7) is 2.30. The zero-order chi connectivity index (χ0) is 16.8. The molecule has 0 radical (unpaired) electrons. The standard InChI is InChI=1S/C16H25N3O4/c1-21-13-8-15(23-3)14(22-2)7-12(13)10-19-6-4-5-11(9-19)16(20)18-17/h7-8,11H,4-6,9-10,17H2,1-3H3,(H,18,20). The van der Waals surface area contributed by atoms with E-state index in [1.54, 1.807) is 21.3 Å². The molecule has 0 spiro atoms. The van der Waals surface area contributed by atoms with Gasteiger partial charge in [-0.05, 0) is 25.5 Å². The van der Waals surface area contributed by atoms with E-state index in [0.717, 1.165) is 30.7 Å². The third kappa shape index (κ3) is 4.05. The molecule has 2 rings (SSSR count). The van der Waals surface area contributed by atoms with Gasteiger partial charge < -0.3 is 14.2 Å². The maximum atomic E-state index is 11.7. The normalized spacial score (nSPS) is 18.3. The van der Waals surface area contributed by atoms with Crippen LogP contribution in [0, 0.1) is 5.92 Å². The molecule has 1 unspecified atom stereocenters. The fourth-order valence-corrected chi connectivity index (χ4v) is 2.99. The molecule has 0 bridgehead atoms. The van der Waals surface area contributed by atoms with Crippen molar-refractivity contribution in [2.75, 3.05) is 34.4 Å². The summed E-state index contributed by atoms with van der Waals surface area (Å²) in [5, 5.41) is 0. The van der Waals surface area contributed by atoms with E-state index >= 15 is 0 Å². The number of carbonyl (C=O) groups excluding carboxylic acids is 1. The molecular weight excluding hydrogens is 298 g/mol. The van der Waals surface area contributed by atoms with Crippen molar-refractivity contribution < 1.29 is 19.0 Å². The highest BCUT2D eigenvalue weighted by molar-refractivity contribution is 5.78. The first-order valence-corrected chi connectivity index (χ1v) is 7.64. The van der Waals surface area contributed by atoms with Crippen LogP contribution in [0.2, 0.25) is 0 Å². The quantitative estimate of drug-likeness (QED) is 0.460. The maximum absolute atomic E-state index is 11.7. The van der Waals surface area contributed by atoms with Gasteiger partial charge in [0, 0.05) is 24.7 Å². The fourth-order valence-electron chi connectivity index (χ4n) is 2.99. The van der Waals surface area contributed by atoms with Gasteiger partial charge >= 0.3 is 0 Å². The summed E-state index contributed by atoms with van der Waals surface area (Å²) >= 11 is 0. The molecule has 0 aromatic heterocycles. The lowest BCUT2D eigenvalue weighted by atomic mass is 9.97. The molecule has 1 heterocycles. The number of hydrazine groups is 1. The van der Waals surface area contributed by atoms with Crippen LogP contribution in [0.3, 0.4) is 0 Å². The Bertz CT molecular complexity index is 550. The van der Waals surface area contributed by atoms with E-state index in [9.17, 15) is 4.79 Å². The average Bonchev–Trinajstić information content (AvgIpc) is 2.60. The number of hydrogen-bond donors (Lipinski definition) is 2. The lowest BCUT2D eigenvalue weighted by Crippen LogP contribution is -2.44. The summed E-state index contributed by atoms with van der Waals surface area (Å²) in [6, 6.07) is 3.74. The van der Waals surface area contributed by atoms with E-state index in [0.29, 0.717) is 24.6 Å². The van der Waals surface area contributed by atoms with Crippen molar-refractivity contribution in [1.29, 1.82) is 0 Å². The summed E-state index contributed by atoms with van der Waals surface area (Å²) in [4.78, 5) is 14.0. The number of nitrogens with two attached hydrogens (primary N) is 1. The van der Waals surface area contributed by atoms with Crippen molar-refractivity contribution in [2.24, 2.45) is 11.8 Å². The van der Waals surface area contributed by atoms with Gasteiger partial charge in [0.1, 0.15) is 5.75 Å². The molecule has 1 amide bonds. The number of amides is 1. The second-order valence-corrected chi connectivity index (χ2v) is 5.60. The number of likely N-dealkylation sites (tertiary alicyclic amines) is 1. The summed E-state index contributed by atoms with van der Waals surface area (Å²) in [6.07, 6.45) is 1.83. The lowest BCUT2D eigenvalue weighted by molar-refractivity contribution is -0.126. The second kappa shape index (κ2) is 8.03.